The molecule has 0 heterocycles. The van der Waals surface area contributed by atoms with Crippen molar-refractivity contribution in [1.29, 1.82) is 0 Å². The predicted molar refractivity (Wildman–Crippen MR) is 111 cm³/mol. The molecule has 0 aliphatic carbocycles. The quantitative estimate of drug-likeness (QED) is 0.685. The fourth-order valence-electron chi connectivity index (χ4n) is 2.72. The number of carbonyl (C=O) groups excluding carboxylic acids is 1. The number of sulfonamides is 1. The highest BCUT2D eigenvalue weighted by atomic mass is 32.2. The van der Waals surface area contributed by atoms with Crippen LogP contribution >= 0.6 is 0 Å². The number of anilines is 1. The van der Waals surface area contributed by atoms with Gasteiger partial charge in [0, 0.05) is 24.8 Å². The Labute approximate surface area is 165 Å². The minimum Gasteiger partial charge on any atom is -0.322 e. The zero-order valence-electron chi connectivity index (χ0n) is 15.8. The van der Waals surface area contributed by atoms with E-state index in [1.165, 1.54) is 28.6 Å². The van der Waals surface area contributed by atoms with Crippen LogP contribution in [-0.2, 0) is 16.6 Å². The summed E-state index contributed by atoms with van der Waals surface area (Å²) in [7, 11) is -2.10. The van der Waals surface area contributed by atoms with E-state index in [0.717, 1.165) is 11.1 Å². The number of hydrogen-bond acceptors (Lipinski definition) is 3. The molecular weight excluding hydrogens is 372 g/mol. The van der Waals surface area contributed by atoms with Crippen molar-refractivity contribution in [1.82, 2.24) is 4.31 Å². The van der Waals surface area contributed by atoms with Crippen LogP contribution in [-0.4, -0.2) is 25.7 Å². The van der Waals surface area contributed by atoms with Crippen molar-refractivity contribution in [3.8, 4) is 0 Å². The molecule has 0 bridgehead atoms. The first-order valence-corrected chi connectivity index (χ1v) is 10.3. The van der Waals surface area contributed by atoms with E-state index in [1.54, 1.807) is 7.05 Å². The average molecular weight is 394 g/mol. The minimum atomic E-state index is -3.64. The van der Waals surface area contributed by atoms with Crippen LogP contribution in [0, 0.1) is 6.92 Å². The van der Waals surface area contributed by atoms with Gasteiger partial charge in [0.05, 0.1) is 4.90 Å². The second-order valence-electron chi connectivity index (χ2n) is 6.59. The van der Waals surface area contributed by atoms with Gasteiger partial charge in [0.25, 0.3) is 5.91 Å². The van der Waals surface area contributed by atoms with E-state index in [4.69, 9.17) is 0 Å². The molecule has 0 fully saturated rings. The van der Waals surface area contributed by atoms with Gasteiger partial charge < -0.3 is 5.32 Å². The fourth-order valence-corrected chi connectivity index (χ4v) is 3.88. The minimum absolute atomic E-state index is 0.151. The van der Waals surface area contributed by atoms with E-state index in [-0.39, 0.29) is 17.3 Å². The Hall–Kier alpha value is -2.96. The van der Waals surface area contributed by atoms with Crippen LogP contribution in [0.2, 0.25) is 0 Å². The Morgan fingerprint density at radius 2 is 1.50 bits per heavy atom. The molecule has 0 saturated carbocycles. The number of amides is 1. The molecule has 1 amide bonds. The summed E-state index contributed by atoms with van der Waals surface area (Å²) in [5, 5.41) is 2.80. The molecule has 0 radical (unpaired) electrons. The molecule has 0 aromatic heterocycles. The summed E-state index contributed by atoms with van der Waals surface area (Å²) < 4.78 is 26.8. The number of aryl methyl sites for hydroxylation is 1. The molecule has 0 saturated heterocycles. The molecule has 0 atom stereocenters. The lowest BCUT2D eigenvalue weighted by Crippen LogP contribution is -2.26. The first-order chi connectivity index (χ1) is 13.4. The molecule has 1 N–H and O–H groups in total. The van der Waals surface area contributed by atoms with Gasteiger partial charge in [-0.3, -0.25) is 4.79 Å². The summed E-state index contributed by atoms with van der Waals surface area (Å²) in [6.07, 6.45) is 0. The molecule has 3 aromatic rings. The van der Waals surface area contributed by atoms with E-state index < -0.39 is 10.0 Å². The molecule has 0 spiro atoms. The number of hydrogen-bond donors (Lipinski definition) is 1. The largest absolute Gasteiger partial charge is 0.322 e. The summed E-state index contributed by atoms with van der Waals surface area (Å²) in [6, 6.07) is 22.8. The highest BCUT2D eigenvalue weighted by Crippen LogP contribution is 2.18. The summed E-state index contributed by atoms with van der Waals surface area (Å²) >= 11 is 0. The molecule has 144 valence electrons. The topological polar surface area (TPSA) is 66.5 Å². The van der Waals surface area contributed by atoms with E-state index in [1.807, 2.05) is 61.5 Å². The lowest BCUT2D eigenvalue weighted by molar-refractivity contribution is 0.102. The molecular formula is C22H22N2O3S. The Morgan fingerprint density at radius 3 is 2.11 bits per heavy atom. The smallest absolute Gasteiger partial charge is 0.255 e. The normalized spacial score (nSPS) is 11.4. The predicted octanol–water partition coefficient (Wildman–Crippen LogP) is 4.07. The summed E-state index contributed by atoms with van der Waals surface area (Å²) in [4.78, 5) is 12.5. The molecule has 0 unspecified atom stereocenters. The van der Waals surface area contributed by atoms with Crippen LogP contribution in [0.25, 0.3) is 0 Å². The highest BCUT2D eigenvalue weighted by Gasteiger charge is 2.21. The van der Waals surface area contributed by atoms with Gasteiger partial charge in [-0.1, -0.05) is 48.0 Å². The zero-order valence-corrected chi connectivity index (χ0v) is 16.6. The molecule has 28 heavy (non-hydrogen) atoms. The van der Waals surface area contributed by atoms with Crippen molar-refractivity contribution in [2.75, 3.05) is 12.4 Å². The summed E-state index contributed by atoms with van der Waals surface area (Å²) in [5.74, 6) is -0.287. The maximum atomic E-state index is 12.8. The average Bonchev–Trinajstić information content (AvgIpc) is 2.70. The van der Waals surface area contributed by atoms with E-state index in [9.17, 15) is 13.2 Å². The van der Waals surface area contributed by atoms with Gasteiger partial charge in [-0.25, -0.2) is 8.42 Å². The Morgan fingerprint density at radius 1 is 0.893 bits per heavy atom. The second-order valence-corrected chi connectivity index (χ2v) is 8.64. The van der Waals surface area contributed by atoms with Crippen LogP contribution in [0.5, 0.6) is 0 Å². The van der Waals surface area contributed by atoms with E-state index >= 15 is 0 Å². The van der Waals surface area contributed by atoms with Crippen LogP contribution in [0.1, 0.15) is 21.5 Å². The van der Waals surface area contributed by atoms with E-state index in [0.29, 0.717) is 11.3 Å². The third-order valence-corrected chi connectivity index (χ3v) is 6.20. The third-order valence-electron chi connectivity index (χ3n) is 4.38. The number of benzene rings is 3. The van der Waals surface area contributed by atoms with Crippen molar-refractivity contribution in [2.24, 2.45) is 0 Å². The van der Waals surface area contributed by atoms with Gasteiger partial charge in [0.2, 0.25) is 10.0 Å². The SMILES string of the molecule is Cc1ccc(NC(=O)c2ccc(S(=O)(=O)N(C)Cc3ccccc3)cc2)cc1. The highest BCUT2D eigenvalue weighted by molar-refractivity contribution is 7.89. The maximum absolute atomic E-state index is 12.8. The van der Waals surface area contributed by atoms with Crippen LogP contribution in [0.4, 0.5) is 5.69 Å². The van der Waals surface area contributed by atoms with Crippen LogP contribution in [0.3, 0.4) is 0 Å². The van der Waals surface area contributed by atoms with Crippen molar-refractivity contribution in [2.45, 2.75) is 18.4 Å². The molecule has 0 aliphatic rings. The first kappa shape index (κ1) is 19.8. The van der Waals surface area contributed by atoms with Gasteiger partial charge in [-0.15, -0.1) is 0 Å². The van der Waals surface area contributed by atoms with Gasteiger partial charge in [-0.2, -0.15) is 4.31 Å². The number of carbonyl (C=O) groups is 1. The number of nitrogens with one attached hydrogen (secondary N) is 1. The Kier molecular flexibility index (Phi) is 5.92. The Bertz CT molecular complexity index is 1050. The number of rotatable bonds is 6. The monoisotopic (exact) mass is 394 g/mol. The first-order valence-electron chi connectivity index (χ1n) is 8.84. The fraction of sp³-hybridized carbons (Fsp3) is 0.136. The van der Waals surface area contributed by atoms with Crippen molar-refractivity contribution in [3.63, 3.8) is 0 Å². The van der Waals surface area contributed by atoms with Crippen LogP contribution < -0.4 is 5.32 Å². The van der Waals surface area contributed by atoms with Gasteiger partial charge in [-0.05, 0) is 48.9 Å². The summed E-state index contributed by atoms with van der Waals surface area (Å²) in [5.41, 5.74) is 3.09. The maximum Gasteiger partial charge on any atom is 0.255 e. The lowest BCUT2D eigenvalue weighted by Gasteiger charge is -2.17. The van der Waals surface area contributed by atoms with Crippen LogP contribution in [0.15, 0.2) is 83.8 Å². The molecule has 0 aliphatic heterocycles. The van der Waals surface area contributed by atoms with Gasteiger partial charge in [0.1, 0.15) is 0 Å². The van der Waals surface area contributed by atoms with Gasteiger partial charge in [0.15, 0.2) is 0 Å². The lowest BCUT2D eigenvalue weighted by atomic mass is 10.2. The van der Waals surface area contributed by atoms with Crippen molar-refractivity contribution >= 4 is 21.6 Å². The van der Waals surface area contributed by atoms with E-state index in [2.05, 4.69) is 5.32 Å². The van der Waals surface area contributed by atoms with Gasteiger partial charge >= 0.3 is 0 Å². The molecule has 3 aromatic carbocycles. The third kappa shape index (κ3) is 4.65. The molecule has 5 nitrogen and oxygen atoms in total. The Balaban J connectivity index is 1.71. The van der Waals surface area contributed by atoms with Crippen molar-refractivity contribution < 1.29 is 13.2 Å². The van der Waals surface area contributed by atoms with Crippen molar-refractivity contribution in [3.05, 3.63) is 95.6 Å². The molecule has 3 rings (SSSR count). The standard InChI is InChI=1S/C22H22N2O3S/c1-17-8-12-20(13-9-17)23-22(25)19-10-14-21(15-11-19)28(26,27)24(2)16-18-6-4-3-5-7-18/h3-15H,16H2,1-2H3,(H,23,25). The summed E-state index contributed by atoms with van der Waals surface area (Å²) in [6.45, 7) is 2.25. The second kappa shape index (κ2) is 8.37. The number of nitrogens with zero attached hydrogens (tertiary/aromatic N) is 1. The molecule has 6 heteroatoms. The zero-order chi connectivity index (χ0) is 20.1.